The van der Waals surface area contributed by atoms with Crippen LogP contribution >= 0.6 is 0 Å². The van der Waals surface area contributed by atoms with E-state index in [0.29, 0.717) is 23.2 Å². The Hall–Kier alpha value is -12.1. The van der Waals surface area contributed by atoms with Gasteiger partial charge in [-0.1, -0.05) is 297 Å². The number of aromatic amines is 1. The molecule has 442 valence electrons. The standard InChI is InChI=1S/C21H21N3.C21H15N3.C21H16N2.C18H15NO/c1-4-10-19(11-5-1)22-16-23(20-12-6-2-7-13-20)18-24(17-22)21-14-8-3-9-15-21;1-4-10-16(11-5-1)19-22-20(17-12-6-2-7-13-17)24-21(23-19)18-14-8-3-9-15-18;1-4-10-16(11-5-1)19-20(17-12-6-2-7-13-17)23-21(22-19)18-14-8-3-9-15-18;19-15-11-16(13-7-3-1-4-8-13)18(20)17(12-15)14-9-5-2-6-10-14/h1-15H,16-18H2;1-15H;1-15H,(H,22,23);1-12,20H,19H2. The largest absolute Gasteiger partial charge is 0.507 e. The van der Waals surface area contributed by atoms with Crippen molar-refractivity contribution < 1.29 is 5.11 Å². The number of hydrogen-bond donors (Lipinski definition) is 3. The molecule has 4 N–H and O–H groups in total. The first-order chi connectivity index (χ1) is 45.0. The monoisotopic (exact) mass is 1180 g/mol. The maximum Gasteiger partial charge on any atom is 0.164 e. The third-order valence-electron chi connectivity index (χ3n) is 15.3. The van der Waals surface area contributed by atoms with Crippen LogP contribution in [-0.2, 0) is 0 Å². The summed E-state index contributed by atoms with van der Waals surface area (Å²) in [5, 5.41) is 10.6. The van der Waals surface area contributed by atoms with Gasteiger partial charge in [-0.05, 0) is 59.7 Å². The van der Waals surface area contributed by atoms with Gasteiger partial charge in [0.25, 0.3) is 0 Å². The first-order valence-electron chi connectivity index (χ1n) is 30.3. The molecule has 1 saturated heterocycles. The van der Waals surface area contributed by atoms with Gasteiger partial charge in [-0.15, -0.1) is 0 Å². The summed E-state index contributed by atoms with van der Waals surface area (Å²) in [4.78, 5) is 29.6. The number of anilines is 4. The lowest BCUT2D eigenvalue weighted by Gasteiger charge is -2.45. The molecule has 0 atom stereocenters. The summed E-state index contributed by atoms with van der Waals surface area (Å²) in [6.07, 6.45) is 0. The first-order valence-corrected chi connectivity index (χ1v) is 30.3. The molecule has 2 aromatic heterocycles. The van der Waals surface area contributed by atoms with Gasteiger partial charge in [0.2, 0.25) is 0 Å². The number of nitrogens with zero attached hydrogens (tertiary/aromatic N) is 7. The summed E-state index contributed by atoms with van der Waals surface area (Å²) < 4.78 is 0. The third-order valence-corrected chi connectivity index (χ3v) is 15.3. The highest BCUT2D eigenvalue weighted by molar-refractivity contribution is 5.86. The lowest BCUT2D eigenvalue weighted by Crippen LogP contribution is -2.55. The van der Waals surface area contributed by atoms with Crippen LogP contribution in [0.15, 0.2) is 346 Å². The molecule has 15 rings (SSSR count). The van der Waals surface area contributed by atoms with Crippen molar-refractivity contribution in [3.8, 4) is 96.1 Å². The van der Waals surface area contributed by atoms with Crippen molar-refractivity contribution in [1.29, 1.82) is 0 Å². The Bertz CT molecular complexity index is 4110. The van der Waals surface area contributed by atoms with E-state index in [-0.39, 0.29) is 5.75 Å². The minimum Gasteiger partial charge on any atom is -0.507 e. The zero-order chi connectivity index (χ0) is 61.8. The number of nitrogen functional groups attached to an aromatic ring is 1. The highest BCUT2D eigenvalue weighted by Gasteiger charge is 2.24. The third kappa shape index (κ3) is 15.2. The van der Waals surface area contributed by atoms with Crippen molar-refractivity contribution in [2.24, 2.45) is 0 Å². The van der Waals surface area contributed by atoms with Crippen LogP contribution in [0.3, 0.4) is 0 Å². The van der Waals surface area contributed by atoms with Crippen LogP contribution in [0.4, 0.5) is 22.7 Å². The molecule has 0 unspecified atom stereocenters. The molecule has 1 fully saturated rings. The lowest BCUT2D eigenvalue weighted by molar-refractivity contribution is 0.479. The Labute approximate surface area is 532 Å². The first kappa shape index (κ1) is 59.2. The summed E-state index contributed by atoms with van der Waals surface area (Å²) in [6, 6.07) is 116. The Balaban J connectivity index is 0.000000118. The number of aromatic hydroxyl groups is 1. The normalized spacial score (nSPS) is 11.6. The maximum atomic E-state index is 10.6. The van der Waals surface area contributed by atoms with Gasteiger partial charge in [-0.2, -0.15) is 0 Å². The molecule has 0 radical (unpaired) electrons. The van der Waals surface area contributed by atoms with Crippen LogP contribution in [-0.4, -0.2) is 50.0 Å². The topological polar surface area (TPSA) is 123 Å². The van der Waals surface area contributed by atoms with E-state index in [9.17, 15) is 5.11 Å². The average Bonchev–Trinajstić information content (AvgIpc) is 2.18. The smallest absolute Gasteiger partial charge is 0.164 e. The zero-order valence-electron chi connectivity index (χ0n) is 50.2. The van der Waals surface area contributed by atoms with Gasteiger partial charge in [0.05, 0.1) is 31.4 Å². The van der Waals surface area contributed by atoms with Gasteiger partial charge >= 0.3 is 0 Å². The minimum atomic E-state index is 0.261. The van der Waals surface area contributed by atoms with Gasteiger partial charge in [0.15, 0.2) is 17.5 Å². The van der Waals surface area contributed by atoms with E-state index < -0.39 is 0 Å². The predicted molar refractivity (Wildman–Crippen MR) is 376 cm³/mol. The number of phenolic OH excluding ortho intramolecular Hbond substituents is 1. The number of para-hydroxylation sites is 3. The molecule has 0 saturated carbocycles. The molecule has 0 spiro atoms. The van der Waals surface area contributed by atoms with E-state index in [1.165, 1.54) is 17.1 Å². The number of phenols is 1. The molecule has 0 aliphatic carbocycles. The quantitative estimate of drug-likeness (QED) is 0.0858. The number of nitrogens with two attached hydrogens (primary N) is 1. The molecule has 12 aromatic carbocycles. The molecule has 91 heavy (non-hydrogen) atoms. The highest BCUT2D eigenvalue weighted by atomic mass is 16.3. The Morgan fingerprint density at radius 3 is 0.846 bits per heavy atom. The van der Waals surface area contributed by atoms with E-state index in [4.69, 9.17) is 10.7 Å². The molecule has 14 aromatic rings. The van der Waals surface area contributed by atoms with Crippen molar-refractivity contribution in [3.63, 3.8) is 0 Å². The van der Waals surface area contributed by atoms with E-state index in [1.807, 2.05) is 206 Å². The second-order valence-electron chi connectivity index (χ2n) is 21.6. The van der Waals surface area contributed by atoms with Crippen LogP contribution in [0.1, 0.15) is 0 Å². The summed E-state index contributed by atoms with van der Waals surface area (Å²) in [6.45, 7) is 2.66. The molecular formula is C81H67N9O. The molecule has 10 nitrogen and oxygen atoms in total. The van der Waals surface area contributed by atoms with E-state index in [0.717, 1.165) is 92.9 Å². The SMILES string of the molecule is Nc1cc(-c2ccccc2)c(O)c(-c2ccccc2)c1.c1ccc(-c2nc(-c3ccccc3)c(-c3ccccc3)[nH]2)cc1.c1ccc(-c2nc(-c3ccccc3)nc(-c3ccccc3)n2)cc1.c1ccc(N2CN(c3ccccc3)CN(c3ccccc3)C2)cc1. The zero-order valence-corrected chi connectivity index (χ0v) is 50.2. The van der Waals surface area contributed by atoms with Crippen molar-refractivity contribution in [3.05, 3.63) is 346 Å². The summed E-state index contributed by atoms with van der Waals surface area (Å²) in [5.74, 6) is 3.20. The van der Waals surface area contributed by atoms with Gasteiger partial charge < -0.3 is 30.5 Å². The Kier molecular flexibility index (Phi) is 19.2. The number of imidazole rings is 1. The van der Waals surface area contributed by atoms with Crippen LogP contribution in [0.5, 0.6) is 5.75 Å². The van der Waals surface area contributed by atoms with Gasteiger partial charge in [0.1, 0.15) is 11.6 Å². The van der Waals surface area contributed by atoms with Crippen molar-refractivity contribution in [1.82, 2.24) is 24.9 Å². The number of rotatable bonds is 11. The molecule has 1 aliphatic heterocycles. The van der Waals surface area contributed by atoms with Crippen LogP contribution in [0.25, 0.3) is 90.3 Å². The summed E-state index contributed by atoms with van der Waals surface area (Å²) >= 11 is 0. The second kappa shape index (κ2) is 29.5. The fourth-order valence-corrected chi connectivity index (χ4v) is 10.7. The number of H-pyrrole nitrogens is 1. The minimum absolute atomic E-state index is 0.261. The van der Waals surface area contributed by atoms with Gasteiger partial charge in [-0.3, -0.25) is 0 Å². The number of hydrogen-bond acceptors (Lipinski definition) is 9. The lowest BCUT2D eigenvalue weighted by atomic mass is 9.96. The van der Waals surface area contributed by atoms with Crippen LogP contribution in [0.2, 0.25) is 0 Å². The van der Waals surface area contributed by atoms with Crippen LogP contribution in [0, 0.1) is 0 Å². The fraction of sp³-hybridized carbons (Fsp3) is 0.0370. The average molecular weight is 1180 g/mol. The Morgan fingerprint density at radius 2 is 0.538 bits per heavy atom. The van der Waals surface area contributed by atoms with Crippen LogP contribution < -0.4 is 20.4 Å². The van der Waals surface area contributed by atoms with Crippen molar-refractivity contribution in [2.75, 3.05) is 40.4 Å². The number of benzene rings is 12. The molecular weight excluding hydrogens is 1110 g/mol. The van der Waals surface area contributed by atoms with Crippen molar-refractivity contribution >= 4 is 22.7 Å². The van der Waals surface area contributed by atoms with E-state index in [1.54, 1.807) is 12.1 Å². The molecule has 3 heterocycles. The van der Waals surface area contributed by atoms with Crippen molar-refractivity contribution in [2.45, 2.75) is 0 Å². The number of aromatic nitrogens is 5. The summed E-state index contributed by atoms with van der Waals surface area (Å²) in [5.41, 5.74) is 22.1. The molecule has 1 aliphatic rings. The molecule has 0 amide bonds. The van der Waals surface area contributed by atoms with E-state index >= 15 is 0 Å². The van der Waals surface area contributed by atoms with Gasteiger partial charge in [0, 0.05) is 67.3 Å². The fourth-order valence-electron chi connectivity index (χ4n) is 10.7. The number of nitrogens with one attached hydrogen (secondary N) is 1. The maximum absolute atomic E-state index is 10.6. The Morgan fingerprint density at radius 1 is 0.286 bits per heavy atom. The van der Waals surface area contributed by atoms with Gasteiger partial charge in [-0.25, -0.2) is 19.9 Å². The second-order valence-corrected chi connectivity index (χ2v) is 21.6. The molecule has 10 heteroatoms. The predicted octanol–water partition coefficient (Wildman–Crippen LogP) is 19.0. The summed E-state index contributed by atoms with van der Waals surface area (Å²) in [7, 11) is 0. The highest BCUT2D eigenvalue weighted by Crippen LogP contribution is 2.40. The van der Waals surface area contributed by atoms with E-state index in [2.05, 4.69) is 162 Å². The molecule has 0 bridgehead atoms.